The normalized spacial score (nSPS) is 24.2. The molecule has 0 saturated carbocycles. The van der Waals surface area contributed by atoms with Crippen molar-refractivity contribution in [3.63, 3.8) is 0 Å². The predicted octanol–water partition coefficient (Wildman–Crippen LogP) is 2.70. The van der Waals surface area contributed by atoms with Crippen LogP contribution in [0.3, 0.4) is 0 Å². The first-order valence-electron chi connectivity index (χ1n) is 11.7. The Kier molecular flexibility index (Phi) is 7.56. The molecule has 0 spiro atoms. The highest BCUT2D eigenvalue weighted by Crippen LogP contribution is 2.38. The lowest BCUT2D eigenvalue weighted by Gasteiger charge is -2.51. The molecule has 36 heavy (non-hydrogen) atoms. The Morgan fingerprint density at radius 2 is 1.67 bits per heavy atom. The van der Waals surface area contributed by atoms with Gasteiger partial charge in [0.1, 0.15) is 17.4 Å². The molecule has 192 valence electrons. The Morgan fingerprint density at radius 1 is 1.03 bits per heavy atom. The molecule has 10 nitrogen and oxygen atoms in total. The molecule has 3 atom stereocenters. The van der Waals surface area contributed by atoms with Crippen LogP contribution in [0.2, 0.25) is 5.02 Å². The van der Waals surface area contributed by atoms with Crippen LogP contribution < -0.4 is 15.1 Å². The van der Waals surface area contributed by atoms with E-state index in [9.17, 15) is 24.7 Å². The number of para-hydroxylation sites is 2. The zero-order valence-electron chi connectivity index (χ0n) is 19.8. The van der Waals surface area contributed by atoms with Gasteiger partial charge in [0.05, 0.1) is 17.5 Å². The van der Waals surface area contributed by atoms with Gasteiger partial charge in [-0.3, -0.25) is 19.7 Å². The van der Waals surface area contributed by atoms with Crippen molar-refractivity contribution in [2.24, 2.45) is 5.92 Å². The number of nitrogens with zero attached hydrogens (tertiary/aromatic N) is 3. The van der Waals surface area contributed by atoms with Gasteiger partial charge >= 0.3 is 6.09 Å². The van der Waals surface area contributed by atoms with E-state index >= 15 is 0 Å². The van der Waals surface area contributed by atoms with Gasteiger partial charge in [0.2, 0.25) is 11.8 Å². The number of hydrogen-bond acceptors (Lipinski definition) is 6. The average molecular weight is 517 g/mol. The number of ether oxygens (including phenoxy) is 1. The smallest absolute Gasteiger partial charge is 0.408 e. The molecule has 2 aromatic carbocycles. The van der Waals surface area contributed by atoms with E-state index in [-0.39, 0.29) is 13.0 Å². The molecule has 0 aromatic heterocycles. The van der Waals surface area contributed by atoms with Gasteiger partial charge in [-0.25, -0.2) is 10.3 Å². The summed E-state index contributed by atoms with van der Waals surface area (Å²) in [5.41, 5.74) is 0.910. The van der Waals surface area contributed by atoms with Gasteiger partial charge in [0.15, 0.2) is 0 Å². The number of anilines is 1. The van der Waals surface area contributed by atoms with Crippen molar-refractivity contribution in [1.82, 2.24) is 15.3 Å². The number of carboxylic acid groups (broad SMARTS) is 1. The van der Waals surface area contributed by atoms with Crippen molar-refractivity contribution >= 4 is 35.2 Å². The number of carbonyl (C=O) groups is 3. The summed E-state index contributed by atoms with van der Waals surface area (Å²) in [6.45, 7) is 3.15. The van der Waals surface area contributed by atoms with Crippen LogP contribution in [0.1, 0.15) is 13.3 Å². The second-order valence-corrected chi connectivity index (χ2v) is 9.50. The summed E-state index contributed by atoms with van der Waals surface area (Å²) < 4.78 is 5.94. The molecule has 0 bridgehead atoms. The summed E-state index contributed by atoms with van der Waals surface area (Å²) in [4.78, 5) is 43.7. The molecule has 2 aromatic rings. The molecule has 2 aliphatic rings. The number of halogens is 1. The van der Waals surface area contributed by atoms with E-state index in [1.807, 2.05) is 30.3 Å². The summed E-state index contributed by atoms with van der Waals surface area (Å²) >= 11 is 6.19. The number of likely N-dealkylation sites (tertiary alicyclic amines) is 1. The van der Waals surface area contributed by atoms with Crippen LogP contribution >= 0.6 is 11.6 Å². The number of rotatable bonds is 5. The minimum Gasteiger partial charge on any atom is -0.487 e. The zero-order chi connectivity index (χ0) is 25.9. The minimum absolute atomic E-state index is 0.00756. The molecule has 2 aliphatic heterocycles. The number of hydrogen-bond donors (Lipinski definition) is 3. The summed E-state index contributed by atoms with van der Waals surface area (Å²) in [7, 11) is 0. The third-order valence-electron chi connectivity index (χ3n) is 7.03. The fraction of sp³-hybridized carbons (Fsp3) is 0.400. The predicted molar refractivity (Wildman–Crippen MR) is 132 cm³/mol. The van der Waals surface area contributed by atoms with Gasteiger partial charge in [0, 0.05) is 38.3 Å². The number of piperidine rings is 1. The maximum absolute atomic E-state index is 13.9. The second-order valence-electron chi connectivity index (χ2n) is 9.09. The van der Waals surface area contributed by atoms with Gasteiger partial charge in [-0.1, -0.05) is 41.9 Å². The third-order valence-corrected chi connectivity index (χ3v) is 7.35. The summed E-state index contributed by atoms with van der Waals surface area (Å²) in [5, 5.41) is 19.9. The molecule has 4 rings (SSSR count). The fourth-order valence-corrected chi connectivity index (χ4v) is 5.24. The molecule has 2 heterocycles. The Labute approximate surface area is 213 Å². The van der Waals surface area contributed by atoms with E-state index < -0.39 is 35.5 Å². The lowest BCUT2D eigenvalue weighted by molar-refractivity contribution is -0.161. The number of hydroxylamine groups is 1. The van der Waals surface area contributed by atoms with Gasteiger partial charge in [-0.2, -0.15) is 0 Å². The highest BCUT2D eigenvalue weighted by Gasteiger charge is 2.57. The van der Waals surface area contributed by atoms with Crippen molar-refractivity contribution in [1.29, 1.82) is 0 Å². The van der Waals surface area contributed by atoms with Crippen molar-refractivity contribution < 1.29 is 29.4 Å². The first kappa shape index (κ1) is 25.6. The van der Waals surface area contributed by atoms with Crippen LogP contribution in [0, 0.1) is 5.92 Å². The van der Waals surface area contributed by atoms with E-state index in [2.05, 4.69) is 4.90 Å². The molecule has 3 amide bonds. The van der Waals surface area contributed by atoms with Crippen LogP contribution in [-0.4, -0.2) is 82.4 Å². The third kappa shape index (κ3) is 4.91. The van der Waals surface area contributed by atoms with Crippen molar-refractivity contribution in [3.8, 4) is 5.75 Å². The monoisotopic (exact) mass is 516 g/mol. The maximum atomic E-state index is 13.9. The quantitative estimate of drug-likeness (QED) is 0.412. The molecule has 3 N–H and O–H groups in total. The molecule has 0 radical (unpaired) electrons. The Bertz CT molecular complexity index is 1110. The Hall–Kier alpha value is -3.50. The Balaban J connectivity index is 1.57. The summed E-state index contributed by atoms with van der Waals surface area (Å²) in [6, 6.07) is 16.5. The van der Waals surface area contributed by atoms with Gasteiger partial charge < -0.3 is 19.6 Å². The van der Waals surface area contributed by atoms with E-state index in [0.29, 0.717) is 37.0 Å². The first-order valence-corrected chi connectivity index (χ1v) is 12.1. The van der Waals surface area contributed by atoms with E-state index in [0.717, 1.165) is 10.6 Å². The van der Waals surface area contributed by atoms with Crippen LogP contribution in [0.5, 0.6) is 5.75 Å². The minimum atomic E-state index is -1.74. The average Bonchev–Trinajstić information content (AvgIpc) is 2.90. The lowest BCUT2D eigenvalue weighted by atomic mass is 9.75. The van der Waals surface area contributed by atoms with Crippen LogP contribution in [0.25, 0.3) is 0 Å². The molecule has 2 fully saturated rings. The first-order chi connectivity index (χ1) is 17.3. The molecule has 0 unspecified atom stereocenters. The second kappa shape index (κ2) is 10.6. The van der Waals surface area contributed by atoms with Crippen LogP contribution in [0.4, 0.5) is 10.5 Å². The molecular formula is C25H29ClN4O6. The number of nitrogens with one attached hydrogen (secondary N) is 1. The standard InChI is InChI=1S/C25H29ClN4O6/c1-25(23(32)29-13-11-28(12-14-29)17-7-3-2-4-8-17)19(22(31)27-35)15-18(16-30(25)24(33)34)36-21-10-6-5-9-20(21)26/h2-10,18-19,35H,11-16H2,1H3,(H,27,31)(H,33,34)/t18-,19+,25-/m0/s1. The topological polar surface area (TPSA) is 123 Å². The fourth-order valence-electron chi connectivity index (χ4n) is 5.06. The van der Waals surface area contributed by atoms with Crippen molar-refractivity contribution in [2.75, 3.05) is 37.6 Å². The number of amides is 3. The number of piperazine rings is 1. The molecule has 2 saturated heterocycles. The van der Waals surface area contributed by atoms with Gasteiger partial charge in [-0.05, 0) is 31.2 Å². The van der Waals surface area contributed by atoms with E-state index in [1.165, 1.54) is 6.92 Å². The Morgan fingerprint density at radius 3 is 2.28 bits per heavy atom. The van der Waals surface area contributed by atoms with Crippen LogP contribution in [0.15, 0.2) is 54.6 Å². The summed E-state index contributed by atoms with van der Waals surface area (Å²) in [6.07, 6.45) is -2.12. The summed E-state index contributed by atoms with van der Waals surface area (Å²) in [5.74, 6) is -2.20. The van der Waals surface area contributed by atoms with Gasteiger partial charge in [-0.15, -0.1) is 0 Å². The van der Waals surface area contributed by atoms with Crippen LogP contribution in [-0.2, 0) is 9.59 Å². The maximum Gasteiger partial charge on any atom is 0.408 e. The van der Waals surface area contributed by atoms with Gasteiger partial charge in [0.25, 0.3) is 0 Å². The highest BCUT2D eigenvalue weighted by molar-refractivity contribution is 6.32. The SMILES string of the molecule is C[C@@]1(C(=O)N2CCN(c3ccccc3)CC2)[C@@H](C(=O)NO)C[C@H](Oc2ccccc2Cl)CN1C(=O)O. The number of carbonyl (C=O) groups excluding carboxylic acids is 2. The van der Waals surface area contributed by atoms with E-state index in [4.69, 9.17) is 16.3 Å². The molecule has 0 aliphatic carbocycles. The molecule has 11 heteroatoms. The highest BCUT2D eigenvalue weighted by atomic mass is 35.5. The van der Waals surface area contributed by atoms with Crippen molar-refractivity contribution in [2.45, 2.75) is 25.0 Å². The largest absolute Gasteiger partial charge is 0.487 e. The molecular weight excluding hydrogens is 488 g/mol. The lowest BCUT2D eigenvalue weighted by Crippen LogP contribution is -2.71. The van der Waals surface area contributed by atoms with E-state index in [1.54, 1.807) is 34.6 Å². The zero-order valence-corrected chi connectivity index (χ0v) is 20.6. The van der Waals surface area contributed by atoms with Crippen molar-refractivity contribution in [3.05, 3.63) is 59.6 Å². The number of benzene rings is 2.